The van der Waals surface area contributed by atoms with Crippen molar-refractivity contribution in [2.45, 2.75) is 19.4 Å². The van der Waals surface area contributed by atoms with Crippen molar-refractivity contribution < 1.29 is 9.53 Å². The number of cyclic esters (lactones) is 1. The van der Waals surface area contributed by atoms with Crippen LogP contribution in [0.2, 0.25) is 0 Å². The third kappa shape index (κ3) is 1.09. The Bertz CT molecular complexity index is 126. The van der Waals surface area contributed by atoms with E-state index >= 15 is 0 Å². The van der Waals surface area contributed by atoms with Crippen molar-refractivity contribution in [3.05, 3.63) is 12.2 Å². The second-order valence-corrected chi connectivity index (χ2v) is 1.89. The van der Waals surface area contributed by atoms with Gasteiger partial charge in [-0.25, -0.2) is 4.79 Å². The van der Waals surface area contributed by atoms with Crippen LogP contribution in [0, 0.1) is 0 Å². The first kappa shape index (κ1) is 5.35. The molecule has 0 fully saturated rings. The lowest BCUT2D eigenvalue weighted by Gasteiger charge is -2.12. The number of hydrogen-bond donors (Lipinski definition) is 0. The summed E-state index contributed by atoms with van der Waals surface area (Å²) in [7, 11) is 0. The maximum Gasteiger partial charge on any atom is 0.330 e. The Kier molecular flexibility index (Phi) is 1.33. The van der Waals surface area contributed by atoms with Gasteiger partial charge in [-0.15, -0.1) is 0 Å². The Morgan fingerprint density at radius 3 is 3.00 bits per heavy atom. The molecule has 2 nitrogen and oxygen atoms in total. The van der Waals surface area contributed by atoms with Crippen molar-refractivity contribution in [2.75, 3.05) is 0 Å². The molecule has 0 amide bonds. The van der Waals surface area contributed by atoms with Gasteiger partial charge in [0, 0.05) is 12.5 Å². The lowest BCUT2D eigenvalue weighted by molar-refractivity contribution is -0.143. The maximum atomic E-state index is 10.4. The predicted molar refractivity (Wildman–Crippen MR) is 29.3 cm³/mol. The van der Waals surface area contributed by atoms with Crippen LogP contribution in [-0.4, -0.2) is 12.1 Å². The van der Waals surface area contributed by atoms with E-state index in [1.165, 1.54) is 6.08 Å². The molecule has 0 aromatic carbocycles. The van der Waals surface area contributed by atoms with Crippen molar-refractivity contribution >= 4 is 5.97 Å². The molecule has 0 bridgehead atoms. The lowest BCUT2D eigenvalue weighted by Crippen LogP contribution is -2.15. The van der Waals surface area contributed by atoms with Gasteiger partial charge in [-0.3, -0.25) is 0 Å². The Morgan fingerprint density at radius 2 is 2.62 bits per heavy atom. The molecule has 1 atom stereocenters. The zero-order chi connectivity index (χ0) is 5.98. The smallest absolute Gasteiger partial charge is 0.330 e. The Labute approximate surface area is 48.1 Å². The highest BCUT2D eigenvalue weighted by molar-refractivity contribution is 5.82. The molecule has 0 spiro atoms. The lowest BCUT2D eigenvalue weighted by atomic mass is 10.2. The second kappa shape index (κ2) is 1.99. The molecule has 44 valence electrons. The predicted octanol–water partition coefficient (Wildman–Crippen LogP) is 0.878. The summed E-state index contributed by atoms with van der Waals surface area (Å²) in [6, 6.07) is 0. The van der Waals surface area contributed by atoms with E-state index in [0.29, 0.717) is 0 Å². The Morgan fingerprint density at radius 1 is 1.88 bits per heavy atom. The van der Waals surface area contributed by atoms with E-state index in [1.54, 1.807) is 0 Å². The molecule has 0 saturated heterocycles. The van der Waals surface area contributed by atoms with Gasteiger partial charge in [0.05, 0.1) is 0 Å². The van der Waals surface area contributed by atoms with E-state index in [0.717, 1.165) is 6.42 Å². The molecule has 0 aromatic rings. The molecule has 0 saturated carbocycles. The molecule has 1 aliphatic rings. The van der Waals surface area contributed by atoms with Crippen LogP contribution >= 0.6 is 0 Å². The quantitative estimate of drug-likeness (QED) is 0.435. The van der Waals surface area contributed by atoms with Crippen molar-refractivity contribution in [3.8, 4) is 0 Å². The van der Waals surface area contributed by atoms with Gasteiger partial charge in [0.15, 0.2) is 0 Å². The standard InChI is InChI=1S/C6H8O2/c1-5-3-2-4-6(7)8-5/h2,4-5H,3H2,1H3. The first-order chi connectivity index (χ1) is 3.79. The van der Waals surface area contributed by atoms with Crippen LogP contribution in [0.5, 0.6) is 0 Å². The second-order valence-electron chi connectivity index (χ2n) is 1.89. The summed E-state index contributed by atoms with van der Waals surface area (Å²) in [5, 5.41) is 0. The largest absolute Gasteiger partial charge is 0.459 e. The van der Waals surface area contributed by atoms with Gasteiger partial charge in [0.2, 0.25) is 0 Å². The number of carbonyl (C=O) groups is 1. The number of esters is 1. The first-order valence-electron chi connectivity index (χ1n) is 2.66. The van der Waals surface area contributed by atoms with Crippen LogP contribution in [0.3, 0.4) is 0 Å². The average Bonchev–Trinajstić information content (AvgIpc) is 1.64. The van der Waals surface area contributed by atoms with E-state index < -0.39 is 0 Å². The molecule has 0 N–H and O–H groups in total. The summed E-state index contributed by atoms with van der Waals surface area (Å²) in [5.74, 6) is -0.219. The topological polar surface area (TPSA) is 26.3 Å². The van der Waals surface area contributed by atoms with Crippen LogP contribution in [0.15, 0.2) is 12.2 Å². The summed E-state index contributed by atoms with van der Waals surface area (Å²) in [4.78, 5) is 10.4. The molecule has 1 heterocycles. The summed E-state index contributed by atoms with van der Waals surface area (Å²) >= 11 is 0. The van der Waals surface area contributed by atoms with Crippen molar-refractivity contribution in [1.82, 2.24) is 0 Å². The van der Waals surface area contributed by atoms with E-state index in [-0.39, 0.29) is 12.1 Å². The highest BCUT2D eigenvalue weighted by Crippen LogP contribution is 2.04. The number of hydrogen-bond acceptors (Lipinski definition) is 2. The normalized spacial score (nSPS) is 27.6. The summed E-state index contributed by atoms with van der Waals surface area (Å²) in [6.45, 7) is 1.88. The molecule has 8 heavy (non-hydrogen) atoms. The summed E-state index contributed by atoms with van der Waals surface area (Å²) in [6.07, 6.45) is 4.22. The van der Waals surface area contributed by atoms with Gasteiger partial charge in [-0.05, 0) is 6.92 Å². The van der Waals surface area contributed by atoms with Crippen LogP contribution in [0.25, 0.3) is 0 Å². The minimum absolute atomic E-state index is 0.0764. The monoisotopic (exact) mass is 112 g/mol. The molecule has 0 aliphatic carbocycles. The van der Waals surface area contributed by atoms with Crippen molar-refractivity contribution in [1.29, 1.82) is 0 Å². The van der Waals surface area contributed by atoms with Crippen LogP contribution in [0.4, 0.5) is 0 Å². The third-order valence-corrected chi connectivity index (χ3v) is 1.04. The van der Waals surface area contributed by atoms with Crippen LogP contribution in [-0.2, 0) is 9.53 Å². The fourth-order valence-corrected chi connectivity index (χ4v) is 0.642. The van der Waals surface area contributed by atoms with Crippen LogP contribution in [0.1, 0.15) is 13.3 Å². The van der Waals surface area contributed by atoms with Crippen LogP contribution < -0.4 is 0 Å². The van der Waals surface area contributed by atoms with E-state index in [2.05, 4.69) is 0 Å². The number of rotatable bonds is 0. The minimum Gasteiger partial charge on any atom is -0.459 e. The Balaban J connectivity index is 2.54. The highest BCUT2D eigenvalue weighted by atomic mass is 16.5. The average molecular weight is 112 g/mol. The molecule has 2 heteroatoms. The molecule has 0 aromatic heterocycles. The fraction of sp³-hybridized carbons (Fsp3) is 0.500. The van der Waals surface area contributed by atoms with Gasteiger partial charge in [-0.1, -0.05) is 6.08 Å². The first-order valence-corrected chi connectivity index (χ1v) is 2.66. The Hall–Kier alpha value is -0.790. The van der Waals surface area contributed by atoms with Gasteiger partial charge in [0.1, 0.15) is 6.10 Å². The summed E-state index contributed by atoms with van der Waals surface area (Å²) in [5.41, 5.74) is 0. The molecule has 0 radical (unpaired) electrons. The maximum absolute atomic E-state index is 10.4. The van der Waals surface area contributed by atoms with Gasteiger partial charge in [-0.2, -0.15) is 0 Å². The molecular weight excluding hydrogens is 104 g/mol. The SMILES string of the molecule is CC1CC=CC(=O)O1. The van der Waals surface area contributed by atoms with Gasteiger partial charge < -0.3 is 4.74 Å². The summed E-state index contributed by atoms with van der Waals surface area (Å²) < 4.78 is 4.76. The zero-order valence-electron chi connectivity index (χ0n) is 4.76. The molecule has 1 unspecified atom stereocenters. The zero-order valence-corrected chi connectivity index (χ0v) is 4.76. The molecule has 1 rings (SSSR count). The van der Waals surface area contributed by atoms with Crippen molar-refractivity contribution in [3.63, 3.8) is 0 Å². The highest BCUT2D eigenvalue weighted by Gasteiger charge is 2.08. The molecular formula is C6H8O2. The number of ether oxygens (including phenoxy) is 1. The molecule has 1 aliphatic heterocycles. The van der Waals surface area contributed by atoms with E-state index in [1.807, 2.05) is 13.0 Å². The third-order valence-electron chi connectivity index (χ3n) is 1.04. The van der Waals surface area contributed by atoms with Gasteiger partial charge in [0.25, 0.3) is 0 Å². The minimum atomic E-state index is -0.219. The van der Waals surface area contributed by atoms with E-state index in [9.17, 15) is 4.79 Å². The van der Waals surface area contributed by atoms with Gasteiger partial charge >= 0.3 is 5.97 Å². The number of carbonyl (C=O) groups excluding carboxylic acids is 1. The van der Waals surface area contributed by atoms with E-state index in [4.69, 9.17) is 4.74 Å². The fourth-order valence-electron chi connectivity index (χ4n) is 0.642. The van der Waals surface area contributed by atoms with Crippen molar-refractivity contribution in [2.24, 2.45) is 0 Å².